The van der Waals surface area contributed by atoms with E-state index < -0.39 is 7.60 Å². The molecule has 0 unspecified atom stereocenters. The van der Waals surface area contributed by atoms with Crippen molar-refractivity contribution in [3.63, 3.8) is 0 Å². The standard InChI is InChI=1S/C9H17O4P/c1-4-12-14(11,13-5-2)7-6-9(3)8-10/h6,8H,4-5,7H2,1-3H3/b9-6+. The molecule has 0 heterocycles. The van der Waals surface area contributed by atoms with Crippen LogP contribution in [0.5, 0.6) is 0 Å². The Morgan fingerprint density at radius 1 is 1.29 bits per heavy atom. The van der Waals surface area contributed by atoms with Crippen molar-refractivity contribution in [1.82, 2.24) is 0 Å². The Kier molecular flexibility index (Phi) is 6.71. The van der Waals surface area contributed by atoms with Crippen LogP contribution in [0, 0.1) is 0 Å². The van der Waals surface area contributed by atoms with Crippen molar-refractivity contribution < 1.29 is 18.4 Å². The fourth-order valence-electron chi connectivity index (χ4n) is 0.840. The van der Waals surface area contributed by atoms with Crippen LogP contribution in [0.15, 0.2) is 11.6 Å². The van der Waals surface area contributed by atoms with Gasteiger partial charge in [0, 0.05) is 0 Å². The molecule has 0 fully saturated rings. The second kappa shape index (κ2) is 6.93. The van der Waals surface area contributed by atoms with Crippen molar-refractivity contribution >= 4 is 13.9 Å². The molecular formula is C9H17O4P. The van der Waals surface area contributed by atoms with Crippen LogP contribution in [-0.4, -0.2) is 25.7 Å². The zero-order chi connectivity index (χ0) is 11.0. The first-order chi connectivity index (χ1) is 6.58. The number of aldehydes is 1. The first-order valence-corrected chi connectivity index (χ1v) is 6.30. The summed E-state index contributed by atoms with van der Waals surface area (Å²) in [5.74, 6) is 0. The molecule has 14 heavy (non-hydrogen) atoms. The summed E-state index contributed by atoms with van der Waals surface area (Å²) in [7, 11) is -3.02. The molecule has 0 atom stereocenters. The van der Waals surface area contributed by atoms with Crippen LogP contribution in [0.1, 0.15) is 20.8 Å². The van der Waals surface area contributed by atoms with E-state index in [2.05, 4.69) is 0 Å². The molecule has 0 radical (unpaired) electrons. The van der Waals surface area contributed by atoms with Gasteiger partial charge in [0.15, 0.2) is 0 Å². The van der Waals surface area contributed by atoms with Gasteiger partial charge in [0.2, 0.25) is 0 Å². The molecule has 0 aliphatic rings. The molecule has 0 saturated heterocycles. The van der Waals surface area contributed by atoms with Gasteiger partial charge >= 0.3 is 7.60 Å². The van der Waals surface area contributed by atoms with E-state index in [0.29, 0.717) is 25.1 Å². The van der Waals surface area contributed by atoms with Gasteiger partial charge < -0.3 is 9.05 Å². The van der Waals surface area contributed by atoms with Crippen LogP contribution in [0.2, 0.25) is 0 Å². The van der Waals surface area contributed by atoms with Gasteiger partial charge in [-0.25, -0.2) is 0 Å². The smallest absolute Gasteiger partial charge is 0.309 e. The Labute approximate surface area is 84.8 Å². The SMILES string of the molecule is CCOP(=O)(C/C=C(\C)C=O)OCC. The summed E-state index contributed by atoms with van der Waals surface area (Å²) in [6.07, 6.45) is 2.43. The molecule has 0 rings (SSSR count). The normalized spacial score (nSPS) is 12.9. The van der Waals surface area contributed by atoms with Crippen LogP contribution in [0.4, 0.5) is 0 Å². The lowest BCUT2D eigenvalue weighted by molar-refractivity contribution is -0.104. The number of hydrogen-bond acceptors (Lipinski definition) is 4. The monoisotopic (exact) mass is 220 g/mol. The van der Waals surface area contributed by atoms with Crippen LogP contribution < -0.4 is 0 Å². The number of hydrogen-bond donors (Lipinski definition) is 0. The molecule has 0 aromatic heterocycles. The molecule has 0 spiro atoms. The maximum atomic E-state index is 11.8. The second-order valence-electron chi connectivity index (χ2n) is 2.70. The molecule has 0 saturated carbocycles. The van der Waals surface area contributed by atoms with Gasteiger partial charge in [-0.05, 0) is 26.3 Å². The van der Waals surface area contributed by atoms with E-state index in [4.69, 9.17) is 9.05 Å². The Morgan fingerprint density at radius 3 is 2.14 bits per heavy atom. The van der Waals surface area contributed by atoms with Crippen molar-refractivity contribution in [1.29, 1.82) is 0 Å². The van der Waals surface area contributed by atoms with Crippen LogP contribution >= 0.6 is 7.60 Å². The lowest BCUT2D eigenvalue weighted by Gasteiger charge is -2.14. The van der Waals surface area contributed by atoms with Gasteiger partial charge in [0.25, 0.3) is 0 Å². The zero-order valence-corrected chi connectivity index (χ0v) is 9.75. The van der Waals surface area contributed by atoms with Crippen molar-refractivity contribution in [2.45, 2.75) is 20.8 Å². The lowest BCUT2D eigenvalue weighted by Crippen LogP contribution is -1.99. The number of allylic oxidation sites excluding steroid dienone is 2. The van der Waals surface area contributed by atoms with E-state index in [9.17, 15) is 9.36 Å². The number of carbonyl (C=O) groups is 1. The largest absolute Gasteiger partial charge is 0.334 e. The van der Waals surface area contributed by atoms with Crippen LogP contribution in [0.3, 0.4) is 0 Å². The van der Waals surface area contributed by atoms with E-state index in [1.807, 2.05) is 0 Å². The lowest BCUT2D eigenvalue weighted by atomic mass is 10.3. The quantitative estimate of drug-likeness (QED) is 0.375. The van der Waals surface area contributed by atoms with E-state index in [1.54, 1.807) is 26.8 Å². The maximum absolute atomic E-state index is 11.8. The average molecular weight is 220 g/mol. The second-order valence-corrected chi connectivity index (χ2v) is 4.80. The first kappa shape index (κ1) is 13.6. The van der Waals surface area contributed by atoms with Gasteiger partial charge in [0.1, 0.15) is 6.29 Å². The van der Waals surface area contributed by atoms with E-state index >= 15 is 0 Å². The fourth-order valence-corrected chi connectivity index (χ4v) is 2.42. The summed E-state index contributed by atoms with van der Waals surface area (Å²) in [5.41, 5.74) is 0.532. The topological polar surface area (TPSA) is 52.6 Å². The van der Waals surface area contributed by atoms with Gasteiger partial charge in [-0.15, -0.1) is 0 Å². The third-order valence-corrected chi connectivity index (χ3v) is 3.41. The molecule has 82 valence electrons. The van der Waals surface area contributed by atoms with Crippen molar-refractivity contribution in [3.05, 3.63) is 11.6 Å². The highest BCUT2D eigenvalue weighted by Crippen LogP contribution is 2.47. The van der Waals surface area contributed by atoms with E-state index in [-0.39, 0.29) is 6.16 Å². The highest BCUT2D eigenvalue weighted by atomic mass is 31.2. The van der Waals surface area contributed by atoms with Crippen molar-refractivity contribution in [3.8, 4) is 0 Å². The molecule has 0 aromatic carbocycles. The highest BCUT2D eigenvalue weighted by molar-refractivity contribution is 7.54. The van der Waals surface area contributed by atoms with Crippen LogP contribution in [0.25, 0.3) is 0 Å². The molecule has 0 N–H and O–H groups in total. The Bertz CT molecular complexity index is 237. The Morgan fingerprint density at radius 2 is 1.79 bits per heavy atom. The van der Waals surface area contributed by atoms with Crippen molar-refractivity contribution in [2.24, 2.45) is 0 Å². The molecular weight excluding hydrogens is 203 g/mol. The Balaban J connectivity index is 4.36. The van der Waals surface area contributed by atoms with Gasteiger partial charge in [-0.2, -0.15) is 0 Å². The minimum Gasteiger partial charge on any atom is -0.309 e. The predicted octanol–water partition coefficient (Wildman–Crippen LogP) is 2.40. The molecule has 0 amide bonds. The van der Waals surface area contributed by atoms with Gasteiger partial charge in [-0.3, -0.25) is 9.36 Å². The molecule has 0 bridgehead atoms. The zero-order valence-electron chi connectivity index (χ0n) is 8.86. The fraction of sp³-hybridized carbons (Fsp3) is 0.667. The molecule has 0 aliphatic carbocycles. The van der Waals surface area contributed by atoms with Gasteiger partial charge in [-0.1, -0.05) is 6.08 Å². The predicted molar refractivity (Wildman–Crippen MR) is 55.5 cm³/mol. The molecule has 0 aliphatic heterocycles. The first-order valence-electron chi connectivity index (χ1n) is 4.58. The van der Waals surface area contributed by atoms with E-state index in [0.717, 1.165) is 0 Å². The molecule has 0 aromatic rings. The minimum absolute atomic E-state index is 0.152. The Hall–Kier alpha value is -0.440. The summed E-state index contributed by atoms with van der Waals surface area (Å²) in [6.45, 7) is 5.83. The average Bonchev–Trinajstić information content (AvgIpc) is 2.15. The summed E-state index contributed by atoms with van der Waals surface area (Å²) in [5, 5.41) is 0. The number of rotatable bonds is 7. The summed E-state index contributed by atoms with van der Waals surface area (Å²) in [4.78, 5) is 10.3. The third-order valence-electron chi connectivity index (χ3n) is 1.47. The minimum atomic E-state index is -3.02. The third kappa shape index (κ3) is 5.32. The summed E-state index contributed by atoms with van der Waals surface area (Å²) >= 11 is 0. The van der Waals surface area contributed by atoms with Crippen LogP contribution in [-0.2, 0) is 18.4 Å². The van der Waals surface area contributed by atoms with E-state index in [1.165, 1.54) is 0 Å². The number of carbonyl (C=O) groups excluding carboxylic acids is 1. The summed E-state index contributed by atoms with van der Waals surface area (Å²) < 4.78 is 21.9. The van der Waals surface area contributed by atoms with Gasteiger partial charge in [0.05, 0.1) is 19.4 Å². The maximum Gasteiger partial charge on any atom is 0.334 e. The van der Waals surface area contributed by atoms with Crippen molar-refractivity contribution in [2.75, 3.05) is 19.4 Å². The summed E-state index contributed by atoms with van der Waals surface area (Å²) in [6, 6.07) is 0. The highest BCUT2D eigenvalue weighted by Gasteiger charge is 2.21. The molecule has 5 heteroatoms. The molecule has 4 nitrogen and oxygen atoms in total.